The molecule has 1 aromatic rings. The number of hydrogen-bond acceptors (Lipinski definition) is 4. The van der Waals surface area contributed by atoms with Gasteiger partial charge in [0, 0.05) is 11.6 Å². The van der Waals surface area contributed by atoms with E-state index in [1.54, 1.807) is 0 Å². The van der Waals surface area contributed by atoms with Crippen molar-refractivity contribution in [3.63, 3.8) is 0 Å². The van der Waals surface area contributed by atoms with Gasteiger partial charge in [-0.25, -0.2) is 0 Å². The quantitative estimate of drug-likeness (QED) is 0.272. The van der Waals surface area contributed by atoms with Crippen LogP contribution in [0.25, 0.3) is 0 Å². The second-order valence-corrected chi connectivity index (χ2v) is 3.26. The number of rotatable bonds is 3. The molecule has 0 atom stereocenters. The fourth-order valence-electron chi connectivity index (χ4n) is 0.874. The highest BCUT2D eigenvalue weighted by atomic mass is 79.9. The third kappa shape index (κ3) is 2.02. The van der Waals surface area contributed by atoms with Gasteiger partial charge in [0.05, 0.1) is 9.40 Å². The summed E-state index contributed by atoms with van der Waals surface area (Å²) in [7, 11) is 0. The number of carbonyl (C=O) groups is 2. The summed E-state index contributed by atoms with van der Waals surface area (Å²) in [5.41, 5.74) is -0.229. The van der Waals surface area contributed by atoms with Gasteiger partial charge in [0.2, 0.25) is 5.78 Å². The van der Waals surface area contributed by atoms with Crippen molar-refractivity contribution in [2.24, 2.45) is 0 Å². The topological polar surface area (TPSA) is 77.3 Å². The van der Waals surface area contributed by atoms with Crippen molar-refractivity contribution in [1.29, 1.82) is 0 Å². The van der Waals surface area contributed by atoms with E-state index in [4.69, 9.17) is 0 Å². The molecule has 0 fully saturated rings. The van der Waals surface area contributed by atoms with Gasteiger partial charge in [-0.05, 0) is 28.1 Å². The Bertz CT molecular complexity index is 416. The molecule has 14 heavy (non-hydrogen) atoms. The van der Waals surface area contributed by atoms with Crippen LogP contribution in [0.15, 0.2) is 22.7 Å². The molecule has 0 aliphatic rings. The van der Waals surface area contributed by atoms with Crippen LogP contribution in [-0.2, 0) is 4.79 Å². The van der Waals surface area contributed by atoms with Crippen molar-refractivity contribution in [2.75, 3.05) is 0 Å². The fourth-order valence-corrected chi connectivity index (χ4v) is 1.27. The minimum absolute atomic E-state index is 0.00917. The number of nitro benzene ring substituents is 1. The third-order valence-electron chi connectivity index (χ3n) is 1.53. The number of Topliss-reactive ketones (excluding diaryl/α,β-unsaturated/α-hetero) is 1. The zero-order valence-electron chi connectivity index (χ0n) is 6.77. The molecule has 0 aliphatic heterocycles. The van der Waals surface area contributed by atoms with Crippen molar-refractivity contribution in [3.05, 3.63) is 38.3 Å². The van der Waals surface area contributed by atoms with Crippen LogP contribution in [0.4, 0.5) is 5.69 Å². The molecule has 5 nitrogen and oxygen atoms in total. The van der Waals surface area contributed by atoms with E-state index in [1.165, 1.54) is 12.1 Å². The molecule has 0 amide bonds. The summed E-state index contributed by atoms with van der Waals surface area (Å²) in [5.74, 6) is -0.777. The molecule has 0 aliphatic carbocycles. The minimum atomic E-state index is -0.777. The van der Waals surface area contributed by atoms with Crippen molar-refractivity contribution in [2.45, 2.75) is 0 Å². The number of carbonyl (C=O) groups excluding carboxylic acids is 2. The first kappa shape index (κ1) is 10.5. The lowest BCUT2D eigenvalue weighted by Crippen LogP contribution is -2.01. The second-order valence-electron chi connectivity index (χ2n) is 2.41. The molecular weight excluding hydrogens is 254 g/mol. The van der Waals surface area contributed by atoms with Gasteiger partial charge in [0.1, 0.15) is 0 Å². The normalized spacial score (nSPS) is 9.50. The molecule has 72 valence electrons. The number of ketones is 1. The molecule has 0 saturated heterocycles. The Morgan fingerprint density at radius 3 is 2.64 bits per heavy atom. The molecule has 1 rings (SSSR count). The molecule has 0 heterocycles. The van der Waals surface area contributed by atoms with E-state index in [-0.39, 0.29) is 22.0 Å². The van der Waals surface area contributed by atoms with Crippen LogP contribution in [0, 0.1) is 10.1 Å². The number of hydrogen-bond donors (Lipinski definition) is 0. The maximum absolute atomic E-state index is 10.9. The molecule has 6 heteroatoms. The standard InChI is InChI=1S/C8H4BrNO4/c9-6-2-1-5(8(12)4-11)3-7(6)10(13)14/h1-4H. The summed E-state index contributed by atoms with van der Waals surface area (Å²) >= 11 is 2.96. The van der Waals surface area contributed by atoms with Gasteiger partial charge < -0.3 is 0 Å². The maximum atomic E-state index is 10.9. The average Bonchev–Trinajstić information content (AvgIpc) is 2.17. The zero-order valence-corrected chi connectivity index (χ0v) is 8.35. The summed E-state index contributed by atoms with van der Waals surface area (Å²) in [6.07, 6.45) is 0.118. The van der Waals surface area contributed by atoms with Crippen molar-refractivity contribution in [1.82, 2.24) is 0 Å². The number of nitro groups is 1. The van der Waals surface area contributed by atoms with Crippen LogP contribution in [-0.4, -0.2) is 17.0 Å². The first-order chi connectivity index (χ1) is 6.56. The van der Waals surface area contributed by atoms with Crippen LogP contribution in [0.5, 0.6) is 0 Å². The summed E-state index contributed by atoms with van der Waals surface area (Å²) in [6.45, 7) is 0. The Morgan fingerprint density at radius 2 is 2.14 bits per heavy atom. The van der Waals surface area contributed by atoms with E-state index in [2.05, 4.69) is 15.9 Å². The fraction of sp³-hybridized carbons (Fsp3) is 0. The van der Waals surface area contributed by atoms with E-state index in [0.29, 0.717) is 0 Å². The minimum Gasteiger partial charge on any atom is -0.294 e. The summed E-state index contributed by atoms with van der Waals surface area (Å²) in [4.78, 5) is 30.9. The van der Waals surface area contributed by atoms with Crippen molar-refractivity contribution in [3.8, 4) is 0 Å². The predicted octanol–water partition coefficient (Wildman–Crippen LogP) is 1.74. The highest BCUT2D eigenvalue weighted by Crippen LogP contribution is 2.25. The smallest absolute Gasteiger partial charge is 0.284 e. The number of nitrogens with zero attached hydrogens (tertiary/aromatic N) is 1. The summed E-state index contributed by atoms with van der Waals surface area (Å²) in [6, 6.07) is 3.75. The second kappa shape index (κ2) is 4.10. The molecule has 0 bridgehead atoms. The Labute approximate surface area is 87.0 Å². The first-order valence-electron chi connectivity index (χ1n) is 3.49. The SMILES string of the molecule is O=CC(=O)c1ccc(Br)c([N+](=O)[O-])c1. The first-order valence-corrected chi connectivity index (χ1v) is 4.29. The Hall–Kier alpha value is -1.56. The van der Waals surface area contributed by atoms with Gasteiger partial charge >= 0.3 is 0 Å². The van der Waals surface area contributed by atoms with Crippen LogP contribution in [0.2, 0.25) is 0 Å². The van der Waals surface area contributed by atoms with Crippen molar-refractivity contribution < 1.29 is 14.5 Å². The Balaban J connectivity index is 3.25. The van der Waals surface area contributed by atoms with Crippen LogP contribution in [0.3, 0.4) is 0 Å². The van der Waals surface area contributed by atoms with Gasteiger partial charge in [0.15, 0.2) is 6.29 Å². The number of halogens is 1. The van der Waals surface area contributed by atoms with E-state index in [9.17, 15) is 19.7 Å². The molecule has 0 radical (unpaired) electrons. The van der Waals surface area contributed by atoms with Gasteiger partial charge in [-0.3, -0.25) is 19.7 Å². The Kier molecular flexibility index (Phi) is 3.08. The van der Waals surface area contributed by atoms with Gasteiger partial charge in [-0.1, -0.05) is 0 Å². The number of aldehydes is 1. The molecule has 0 spiro atoms. The maximum Gasteiger partial charge on any atom is 0.284 e. The monoisotopic (exact) mass is 257 g/mol. The van der Waals surface area contributed by atoms with E-state index in [1.807, 2.05) is 0 Å². The highest BCUT2D eigenvalue weighted by molar-refractivity contribution is 9.10. The van der Waals surface area contributed by atoms with Crippen LogP contribution in [0.1, 0.15) is 10.4 Å². The summed E-state index contributed by atoms with van der Waals surface area (Å²) in [5, 5.41) is 10.5. The number of benzene rings is 1. The molecule has 0 saturated carbocycles. The van der Waals surface area contributed by atoms with Crippen molar-refractivity contribution >= 4 is 33.7 Å². The van der Waals surface area contributed by atoms with E-state index >= 15 is 0 Å². The lowest BCUT2D eigenvalue weighted by atomic mass is 10.1. The van der Waals surface area contributed by atoms with Gasteiger partial charge in [0.25, 0.3) is 5.69 Å². The molecular formula is C8H4BrNO4. The third-order valence-corrected chi connectivity index (χ3v) is 2.20. The van der Waals surface area contributed by atoms with E-state index < -0.39 is 10.7 Å². The van der Waals surface area contributed by atoms with Gasteiger partial charge in [-0.2, -0.15) is 0 Å². The summed E-state index contributed by atoms with van der Waals surface area (Å²) < 4.78 is 0.268. The van der Waals surface area contributed by atoms with Crippen LogP contribution < -0.4 is 0 Å². The lowest BCUT2D eigenvalue weighted by Gasteiger charge is -1.97. The molecule has 0 aromatic heterocycles. The molecule has 1 aromatic carbocycles. The molecule has 0 N–H and O–H groups in total. The highest BCUT2D eigenvalue weighted by Gasteiger charge is 2.15. The van der Waals surface area contributed by atoms with Crippen LogP contribution >= 0.6 is 15.9 Å². The molecule has 0 unspecified atom stereocenters. The average molecular weight is 258 g/mol. The van der Waals surface area contributed by atoms with Gasteiger partial charge in [-0.15, -0.1) is 0 Å². The predicted molar refractivity (Wildman–Crippen MR) is 51.2 cm³/mol. The largest absolute Gasteiger partial charge is 0.294 e. The lowest BCUT2D eigenvalue weighted by molar-refractivity contribution is -0.385. The zero-order chi connectivity index (χ0) is 10.7. The van der Waals surface area contributed by atoms with E-state index in [0.717, 1.165) is 6.07 Å². The Morgan fingerprint density at radius 1 is 1.50 bits per heavy atom.